The Labute approximate surface area is 177 Å². The Morgan fingerprint density at radius 2 is 2.10 bits per heavy atom. The van der Waals surface area contributed by atoms with Crippen LogP contribution in [0.25, 0.3) is 10.9 Å². The van der Waals surface area contributed by atoms with Crippen molar-refractivity contribution in [3.63, 3.8) is 0 Å². The van der Waals surface area contributed by atoms with Crippen LogP contribution >= 0.6 is 0 Å². The molecule has 1 saturated heterocycles. The van der Waals surface area contributed by atoms with E-state index in [4.69, 9.17) is 4.74 Å². The maximum absolute atomic E-state index is 14.5. The lowest BCUT2D eigenvalue weighted by Crippen LogP contribution is -2.56. The van der Waals surface area contributed by atoms with Crippen molar-refractivity contribution in [3.05, 3.63) is 35.8 Å². The number of methoxy groups -OCH3 is 1. The Morgan fingerprint density at radius 3 is 2.83 bits per heavy atom. The summed E-state index contributed by atoms with van der Waals surface area (Å²) in [7, 11) is 1.58. The molecule has 30 heavy (non-hydrogen) atoms. The van der Waals surface area contributed by atoms with Crippen LogP contribution in [-0.4, -0.2) is 71.7 Å². The van der Waals surface area contributed by atoms with Gasteiger partial charge in [-0.3, -0.25) is 19.6 Å². The molecule has 1 aromatic carbocycles. The van der Waals surface area contributed by atoms with Gasteiger partial charge in [0.05, 0.1) is 18.8 Å². The van der Waals surface area contributed by atoms with Crippen molar-refractivity contribution in [1.29, 1.82) is 0 Å². The number of hydrogen-bond acceptors (Lipinski definition) is 5. The molecule has 0 radical (unpaired) electrons. The number of carboxylic acids is 1. The molecule has 1 N–H and O–H groups in total. The highest BCUT2D eigenvalue weighted by Crippen LogP contribution is 2.25. The highest BCUT2D eigenvalue weighted by Gasteiger charge is 2.31. The predicted molar refractivity (Wildman–Crippen MR) is 116 cm³/mol. The average Bonchev–Trinajstić information content (AvgIpc) is 2.75. The van der Waals surface area contributed by atoms with Gasteiger partial charge in [0.25, 0.3) is 0 Å². The van der Waals surface area contributed by atoms with Crippen LogP contribution in [0, 0.1) is 5.82 Å². The largest absolute Gasteiger partial charge is 0.497 e. The molecule has 0 bridgehead atoms. The summed E-state index contributed by atoms with van der Waals surface area (Å²) in [6, 6.07) is 4.96. The molecule has 0 saturated carbocycles. The zero-order chi connectivity index (χ0) is 21.5. The van der Waals surface area contributed by atoms with Crippen molar-refractivity contribution in [2.75, 3.05) is 39.8 Å². The van der Waals surface area contributed by atoms with Gasteiger partial charge in [0, 0.05) is 25.0 Å². The molecule has 0 unspecified atom stereocenters. The summed E-state index contributed by atoms with van der Waals surface area (Å²) in [4.78, 5) is 20.3. The number of rotatable bonds is 10. The van der Waals surface area contributed by atoms with E-state index in [1.807, 2.05) is 23.1 Å². The predicted octanol–water partition coefficient (Wildman–Crippen LogP) is 3.58. The normalized spacial score (nSPS) is 18.0. The third-order valence-corrected chi connectivity index (χ3v) is 5.94. The first-order valence-corrected chi connectivity index (χ1v) is 10.8. The number of pyridine rings is 1. The quantitative estimate of drug-likeness (QED) is 0.596. The van der Waals surface area contributed by atoms with Crippen LogP contribution in [0.1, 0.15) is 38.2 Å². The molecule has 2 heterocycles. The SMILES string of the molecule is CCCCCN1CCN(CCCc2c(F)cnc3ccc(OC)cc23)[C@@H](C(=O)O)C1. The highest BCUT2D eigenvalue weighted by atomic mass is 19.1. The number of aryl methyl sites for hydroxylation is 1. The standard InChI is InChI=1S/C23H32FN3O3/c1-3-4-5-10-26-12-13-27(22(16-26)23(28)29)11-6-7-18-19-14-17(30-2)8-9-21(19)25-15-20(18)24/h8-9,14-15,22H,3-7,10-13,16H2,1-2H3,(H,28,29)/t22-/m1/s1. The molecule has 1 aliphatic rings. The molecule has 7 heteroatoms. The average molecular weight is 418 g/mol. The third-order valence-electron chi connectivity index (χ3n) is 5.94. The maximum atomic E-state index is 14.5. The van der Waals surface area contributed by atoms with Gasteiger partial charge in [-0.05, 0) is 56.1 Å². The zero-order valence-electron chi connectivity index (χ0n) is 17.9. The fourth-order valence-corrected chi connectivity index (χ4v) is 4.21. The van der Waals surface area contributed by atoms with Crippen molar-refractivity contribution in [2.45, 2.75) is 45.1 Å². The fourth-order valence-electron chi connectivity index (χ4n) is 4.21. The van der Waals surface area contributed by atoms with E-state index in [-0.39, 0.29) is 5.82 Å². The van der Waals surface area contributed by atoms with Crippen LogP contribution in [0.15, 0.2) is 24.4 Å². The van der Waals surface area contributed by atoms with Gasteiger partial charge in [-0.2, -0.15) is 0 Å². The summed E-state index contributed by atoms with van der Waals surface area (Å²) >= 11 is 0. The number of aliphatic carboxylic acids is 1. The van der Waals surface area contributed by atoms with Crippen LogP contribution in [-0.2, 0) is 11.2 Å². The third kappa shape index (κ3) is 5.46. The molecule has 0 amide bonds. The van der Waals surface area contributed by atoms with Gasteiger partial charge in [0.1, 0.15) is 17.6 Å². The number of unbranched alkanes of at least 4 members (excludes halogenated alkanes) is 2. The minimum absolute atomic E-state index is 0.328. The minimum atomic E-state index is -0.777. The zero-order valence-corrected chi connectivity index (χ0v) is 17.9. The second kappa shape index (κ2) is 10.7. The minimum Gasteiger partial charge on any atom is -0.497 e. The van der Waals surface area contributed by atoms with E-state index in [2.05, 4.69) is 16.8 Å². The van der Waals surface area contributed by atoms with Gasteiger partial charge >= 0.3 is 5.97 Å². The van der Waals surface area contributed by atoms with E-state index in [1.54, 1.807) is 7.11 Å². The molecule has 1 aliphatic heterocycles. The van der Waals surface area contributed by atoms with Gasteiger partial charge in [-0.1, -0.05) is 19.8 Å². The van der Waals surface area contributed by atoms with E-state index < -0.39 is 12.0 Å². The number of carboxylic acid groups (broad SMARTS) is 1. The summed E-state index contributed by atoms with van der Waals surface area (Å²) in [5.41, 5.74) is 1.35. The topological polar surface area (TPSA) is 65.9 Å². The van der Waals surface area contributed by atoms with Crippen molar-refractivity contribution in [1.82, 2.24) is 14.8 Å². The summed E-state index contributed by atoms with van der Waals surface area (Å²) in [5.74, 6) is -0.437. The monoisotopic (exact) mass is 417 g/mol. The summed E-state index contributed by atoms with van der Waals surface area (Å²) in [6.45, 7) is 5.94. The van der Waals surface area contributed by atoms with Gasteiger partial charge in [0.15, 0.2) is 0 Å². The molecular formula is C23H32FN3O3. The number of benzene rings is 1. The molecule has 2 aromatic rings. The van der Waals surface area contributed by atoms with E-state index >= 15 is 0 Å². The second-order valence-electron chi connectivity index (χ2n) is 7.97. The van der Waals surface area contributed by atoms with E-state index in [0.717, 1.165) is 43.4 Å². The van der Waals surface area contributed by atoms with E-state index in [1.165, 1.54) is 12.6 Å². The fraction of sp³-hybridized carbons (Fsp3) is 0.565. The molecular weight excluding hydrogens is 385 g/mol. The first-order chi connectivity index (χ1) is 14.5. The number of nitrogens with zero attached hydrogens (tertiary/aromatic N) is 3. The first-order valence-electron chi connectivity index (χ1n) is 10.8. The van der Waals surface area contributed by atoms with Crippen LogP contribution in [0.5, 0.6) is 5.75 Å². The van der Waals surface area contributed by atoms with Gasteiger partial charge < -0.3 is 9.84 Å². The van der Waals surface area contributed by atoms with Crippen LogP contribution < -0.4 is 4.74 Å². The molecule has 0 spiro atoms. The van der Waals surface area contributed by atoms with Crippen LogP contribution in [0.4, 0.5) is 4.39 Å². The Kier molecular flexibility index (Phi) is 7.99. The molecule has 3 rings (SSSR count). The Morgan fingerprint density at radius 1 is 1.27 bits per heavy atom. The van der Waals surface area contributed by atoms with E-state index in [0.29, 0.717) is 37.2 Å². The van der Waals surface area contributed by atoms with Crippen molar-refractivity contribution in [3.8, 4) is 5.75 Å². The number of carbonyl (C=O) groups is 1. The molecule has 1 aromatic heterocycles. The summed E-state index contributed by atoms with van der Waals surface area (Å²) < 4.78 is 19.8. The van der Waals surface area contributed by atoms with Crippen LogP contribution in [0.2, 0.25) is 0 Å². The second-order valence-corrected chi connectivity index (χ2v) is 7.97. The molecule has 6 nitrogen and oxygen atoms in total. The number of fused-ring (bicyclic) bond motifs is 1. The Bertz CT molecular complexity index is 861. The highest BCUT2D eigenvalue weighted by molar-refractivity contribution is 5.83. The molecule has 164 valence electrons. The molecule has 0 aliphatic carbocycles. The summed E-state index contributed by atoms with van der Waals surface area (Å²) in [6.07, 6.45) is 5.93. The van der Waals surface area contributed by atoms with Crippen molar-refractivity contribution < 1.29 is 19.0 Å². The number of hydrogen-bond donors (Lipinski definition) is 1. The van der Waals surface area contributed by atoms with E-state index in [9.17, 15) is 14.3 Å². The van der Waals surface area contributed by atoms with Gasteiger partial charge in [-0.15, -0.1) is 0 Å². The first kappa shape index (κ1) is 22.4. The maximum Gasteiger partial charge on any atom is 0.322 e. The summed E-state index contributed by atoms with van der Waals surface area (Å²) in [5, 5.41) is 10.5. The Hall–Kier alpha value is -2.25. The number of piperazine rings is 1. The number of ether oxygens (including phenoxy) is 1. The van der Waals surface area contributed by atoms with Crippen LogP contribution in [0.3, 0.4) is 0 Å². The smallest absolute Gasteiger partial charge is 0.322 e. The number of aromatic nitrogens is 1. The lowest BCUT2D eigenvalue weighted by Gasteiger charge is -2.39. The number of halogens is 1. The Balaban J connectivity index is 1.63. The molecule has 1 fully saturated rings. The lowest BCUT2D eigenvalue weighted by atomic mass is 10.0. The van der Waals surface area contributed by atoms with Crippen molar-refractivity contribution in [2.24, 2.45) is 0 Å². The van der Waals surface area contributed by atoms with Gasteiger partial charge in [0.2, 0.25) is 0 Å². The lowest BCUT2D eigenvalue weighted by molar-refractivity contribution is -0.145. The molecule has 1 atom stereocenters. The van der Waals surface area contributed by atoms with Gasteiger partial charge in [-0.25, -0.2) is 4.39 Å². The van der Waals surface area contributed by atoms with Crippen molar-refractivity contribution >= 4 is 16.9 Å².